The fourth-order valence-electron chi connectivity index (χ4n) is 1.12. The van der Waals surface area contributed by atoms with E-state index in [4.69, 9.17) is 10.5 Å². The van der Waals surface area contributed by atoms with Gasteiger partial charge in [-0.25, -0.2) is 0 Å². The first-order valence-electron chi connectivity index (χ1n) is 5.04. The van der Waals surface area contributed by atoms with Crippen molar-refractivity contribution in [2.45, 2.75) is 19.8 Å². The van der Waals surface area contributed by atoms with Crippen molar-refractivity contribution in [1.29, 1.82) is 0 Å². The number of hydrogen-bond donors (Lipinski definition) is 1. The van der Waals surface area contributed by atoms with Crippen molar-refractivity contribution in [3.63, 3.8) is 0 Å². The summed E-state index contributed by atoms with van der Waals surface area (Å²) in [6, 6.07) is 0. The third kappa shape index (κ3) is 5.86. The Morgan fingerprint density at radius 1 is 1.53 bits per heavy atom. The predicted molar refractivity (Wildman–Crippen MR) is 65.8 cm³/mol. The van der Waals surface area contributed by atoms with Crippen LogP contribution in [0.2, 0.25) is 0 Å². The highest BCUT2D eigenvalue weighted by Gasteiger charge is 2.04. The summed E-state index contributed by atoms with van der Waals surface area (Å²) in [6.07, 6.45) is 8.68. The fraction of sp³-hybridized carbons (Fsp3) is 0.417. The maximum atomic E-state index is 5.53. The van der Waals surface area contributed by atoms with Gasteiger partial charge < -0.3 is 10.5 Å². The molecule has 0 radical (unpaired) electrons. The summed E-state index contributed by atoms with van der Waals surface area (Å²) in [5.74, 6) is 0. The highest BCUT2D eigenvalue weighted by molar-refractivity contribution is 6.00. The SMILES string of the molecule is C=C\C=C/N=C(CCC)\C(=C/N)COC. The molecule has 0 rings (SSSR count). The number of aliphatic imine (C=N–C) groups is 1. The summed E-state index contributed by atoms with van der Waals surface area (Å²) in [6.45, 7) is 6.19. The van der Waals surface area contributed by atoms with Crippen molar-refractivity contribution >= 4 is 5.71 Å². The average molecular weight is 208 g/mol. The molecule has 0 aliphatic rings. The molecule has 15 heavy (non-hydrogen) atoms. The van der Waals surface area contributed by atoms with E-state index in [0.717, 1.165) is 24.1 Å². The second-order valence-electron chi connectivity index (χ2n) is 3.03. The predicted octanol–water partition coefficient (Wildman–Crippen LogP) is 2.42. The normalized spacial score (nSPS) is 13.5. The van der Waals surface area contributed by atoms with Crippen molar-refractivity contribution in [2.24, 2.45) is 10.7 Å². The topological polar surface area (TPSA) is 47.6 Å². The van der Waals surface area contributed by atoms with Crippen LogP contribution < -0.4 is 5.73 Å². The molecule has 3 nitrogen and oxygen atoms in total. The van der Waals surface area contributed by atoms with E-state index in [2.05, 4.69) is 18.5 Å². The van der Waals surface area contributed by atoms with E-state index in [-0.39, 0.29) is 0 Å². The molecule has 0 aromatic heterocycles. The second kappa shape index (κ2) is 9.21. The minimum absolute atomic E-state index is 0.497. The molecule has 0 unspecified atom stereocenters. The molecule has 84 valence electrons. The van der Waals surface area contributed by atoms with Crippen molar-refractivity contribution in [1.82, 2.24) is 0 Å². The maximum Gasteiger partial charge on any atom is 0.0744 e. The zero-order chi connectivity index (χ0) is 11.5. The molecule has 0 aliphatic heterocycles. The van der Waals surface area contributed by atoms with Crippen LogP contribution >= 0.6 is 0 Å². The van der Waals surface area contributed by atoms with Crippen LogP contribution in [0, 0.1) is 0 Å². The van der Waals surface area contributed by atoms with Crippen LogP contribution in [0.25, 0.3) is 0 Å². The molecule has 0 saturated carbocycles. The summed E-state index contributed by atoms with van der Waals surface area (Å²) >= 11 is 0. The van der Waals surface area contributed by atoms with E-state index in [9.17, 15) is 0 Å². The van der Waals surface area contributed by atoms with Gasteiger partial charge in [-0.2, -0.15) is 0 Å². The van der Waals surface area contributed by atoms with E-state index in [1.807, 2.05) is 0 Å². The van der Waals surface area contributed by atoms with Gasteiger partial charge in [0.1, 0.15) is 0 Å². The van der Waals surface area contributed by atoms with E-state index in [1.165, 1.54) is 0 Å². The second-order valence-corrected chi connectivity index (χ2v) is 3.03. The van der Waals surface area contributed by atoms with E-state index in [1.54, 1.807) is 31.7 Å². The number of rotatable bonds is 7. The van der Waals surface area contributed by atoms with Crippen LogP contribution in [-0.2, 0) is 4.74 Å². The van der Waals surface area contributed by atoms with Gasteiger partial charge in [0, 0.05) is 30.8 Å². The van der Waals surface area contributed by atoms with Gasteiger partial charge in [0.2, 0.25) is 0 Å². The third-order valence-electron chi connectivity index (χ3n) is 1.81. The van der Waals surface area contributed by atoms with Crippen LogP contribution in [0.3, 0.4) is 0 Å². The number of nitrogens with zero attached hydrogens (tertiary/aromatic N) is 1. The molecular formula is C12H20N2O. The number of ether oxygens (including phenoxy) is 1. The molecule has 0 spiro atoms. The van der Waals surface area contributed by atoms with Crippen molar-refractivity contribution < 1.29 is 4.74 Å². The number of methoxy groups -OCH3 is 1. The monoisotopic (exact) mass is 208 g/mol. The molecule has 0 bridgehead atoms. The minimum Gasteiger partial charge on any atom is -0.404 e. The lowest BCUT2D eigenvalue weighted by Gasteiger charge is -2.07. The molecule has 0 atom stereocenters. The largest absolute Gasteiger partial charge is 0.404 e. The van der Waals surface area contributed by atoms with Gasteiger partial charge in [-0.1, -0.05) is 26.0 Å². The van der Waals surface area contributed by atoms with Crippen LogP contribution in [0.15, 0.2) is 41.7 Å². The first kappa shape index (κ1) is 13.7. The van der Waals surface area contributed by atoms with Crippen LogP contribution in [0.4, 0.5) is 0 Å². The molecule has 0 amide bonds. The van der Waals surface area contributed by atoms with Gasteiger partial charge in [-0.3, -0.25) is 4.99 Å². The lowest BCUT2D eigenvalue weighted by Crippen LogP contribution is -2.10. The molecule has 3 heteroatoms. The molecular weight excluding hydrogens is 188 g/mol. The zero-order valence-corrected chi connectivity index (χ0v) is 9.57. The van der Waals surface area contributed by atoms with Crippen molar-refractivity contribution in [3.8, 4) is 0 Å². The van der Waals surface area contributed by atoms with E-state index < -0.39 is 0 Å². The van der Waals surface area contributed by atoms with Crippen molar-refractivity contribution in [2.75, 3.05) is 13.7 Å². The Kier molecular flexibility index (Phi) is 8.39. The first-order valence-corrected chi connectivity index (χ1v) is 5.04. The Labute approximate surface area is 92.0 Å². The Hall–Kier alpha value is -1.35. The van der Waals surface area contributed by atoms with Gasteiger partial charge in [0.05, 0.1) is 6.61 Å². The molecule has 0 aromatic carbocycles. The summed E-state index contributed by atoms with van der Waals surface area (Å²) in [4.78, 5) is 4.33. The van der Waals surface area contributed by atoms with Gasteiger partial charge in [0.15, 0.2) is 0 Å². The van der Waals surface area contributed by atoms with Crippen LogP contribution in [-0.4, -0.2) is 19.4 Å². The Bertz CT molecular complexity index is 265. The highest BCUT2D eigenvalue weighted by atomic mass is 16.5. The number of nitrogens with two attached hydrogens (primary N) is 1. The summed E-state index contributed by atoms with van der Waals surface area (Å²) < 4.78 is 5.06. The summed E-state index contributed by atoms with van der Waals surface area (Å²) in [7, 11) is 1.65. The van der Waals surface area contributed by atoms with Crippen molar-refractivity contribution in [3.05, 3.63) is 36.7 Å². The molecule has 0 aliphatic carbocycles. The van der Waals surface area contributed by atoms with Gasteiger partial charge >= 0.3 is 0 Å². The molecule has 0 aromatic rings. The quantitative estimate of drug-likeness (QED) is 0.516. The third-order valence-corrected chi connectivity index (χ3v) is 1.81. The first-order chi connectivity index (χ1) is 7.29. The lowest BCUT2D eigenvalue weighted by molar-refractivity contribution is 0.229. The van der Waals surface area contributed by atoms with E-state index in [0.29, 0.717) is 6.61 Å². The Morgan fingerprint density at radius 2 is 2.27 bits per heavy atom. The standard InChI is InChI=1S/C12H20N2O/c1-4-6-8-14-12(7-5-2)11(9-13)10-15-3/h4,6,8-9H,1,5,7,10,13H2,2-3H3/b8-6-,11-9-,14-12-. The Balaban J connectivity index is 4.68. The van der Waals surface area contributed by atoms with Gasteiger partial charge in [-0.15, -0.1) is 0 Å². The zero-order valence-electron chi connectivity index (χ0n) is 9.57. The number of allylic oxidation sites excluding steroid dienone is 2. The summed E-state index contributed by atoms with van der Waals surface area (Å²) in [5.41, 5.74) is 7.44. The van der Waals surface area contributed by atoms with Gasteiger partial charge in [-0.05, 0) is 12.5 Å². The molecule has 2 N–H and O–H groups in total. The maximum absolute atomic E-state index is 5.53. The fourth-order valence-corrected chi connectivity index (χ4v) is 1.12. The summed E-state index contributed by atoms with van der Waals surface area (Å²) in [5, 5.41) is 0. The Morgan fingerprint density at radius 3 is 2.73 bits per heavy atom. The minimum atomic E-state index is 0.497. The number of hydrogen-bond acceptors (Lipinski definition) is 3. The molecule has 0 saturated heterocycles. The van der Waals surface area contributed by atoms with Crippen LogP contribution in [0.1, 0.15) is 19.8 Å². The highest BCUT2D eigenvalue weighted by Crippen LogP contribution is 2.05. The van der Waals surface area contributed by atoms with Gasteiger partial charge in [0.25, 0.3) is 0 Å². The van der Waals surface area contributed by atoms with Crippen LogP contribution in [0.5, 0.6) is 0 Å². The smallest absolute Gasteiger partial charge is 0.0744 e. The molecule has 0 heterocycles. The molecule has 0 fully saturated rings. The average Bonchev–Trinajstić information content (AvgIpc) is 2.25. The van der Waals surface area contributed by atoms with E-state index >= 15 is 0 Å². The lowest BCUT2D eigenvalue weighted by atomic mass is 10.1.